The zero-order valence-corrected chi connectivity index (χ0v) is 12.3. The maximum Gasteiger partial charge on any atom is 0.457 e. The van der Waals surface area contributed by atoms with Gasteiger partial charge in [-0.2, -0.15) is 22.0 Å². The van der Waals surface area contributed by atoms with Crippen molar-refractivity contribution in [2.75, 3.05) is 0 Å². The summed E-state index contributed by atoms with van der Waals surface area (Å²) in [5.41, 5.74) is -3.09. The highest BCUT2D eigenvalue weighted by molar-refractivity contribution is 5.90. The van der Waals surface area contributed by atoms with Crippen LogP contribution in [0, 0.1) is 5.92 Å². The third-order valence-corrected chi connectivity index (χ3v) is 4.04. The van der Waals surface area contributed by atoms with Gasteiger partial charge in [-0.1, -0.05) is 19.3 Å². The highest BCUT2D eigenvalue weighted by Crippen LogP contribution is 2.51. The summed E-state index contributed by atoms with van der Waals surface area (Å²) >= 11 is 0. The minimum absolute atomic E-state index is 0.0676. The van der Waals surface area contributed by atoms with Crippen molar-refractivity contribution >= 4 is 11.9 Å². The predicted molar refractivity (Wildman–Crippen MR) is 68.8 cm³/mol. The SMILES string of the molecule is CC(OC(=O)/C=C/C(=O)O)(C1CCCCC1)C(F)(F)C(F)(F)F. The maximum atomic E-state index is 14.0. The quantitative estimate of drug-likeness (QED) is 0.469. The van der Waals surface area contributed by atoms with E-state index >= 15 is 0 Å². The largest absolute Gasteiger partial charge is 0.478 e. The maximum absolute atomic E-state index is 14.0. The average Bonchev–Trinajstić information content (AvgIpc) is 2.44. The molecule has 0 aromatic carbocycles. The Kier molecular flexibility index (Phi) is 5.76. The van der Waals surface area contributed by atoms with E-state index in [1.54, 1.807) is 0 Å². The lowest BCUT2D eigenvalue weighted by Crippen LogP contribution is -2.61. The number of esters is 1. The van der Waals surface area contributed by atoms with Crippen LogP contribution < -0.4 is 0 Å². The Bertz CT molecular complexity index is 480. The van der Waals surface area contributed by atoms with Crippen LogP contribution in [-0.2, 0) is 14.3 Å². The highest BCUT2D eigenvalue weighted by atomic mass is 19.4. The van der Waals surface area contributed by atoms with Gasteiger partial charge in [0.25, 0.3) is 0 Å². The number of hydrogen-bond donors (Lipinski definition) is 1. The topological polar surface area (TPSA) is 63.6 Å². The summed E-state index contributed by atoms with van der Waals surface area (Å²) in [6.45, 7) is 0.559. The molecular weight excluding hydrogens is 327 g/mol. The van der Waals surface area contributed by atoms with Crippen LogP contribution in [0.25, 0.3) is 0 Å². The monoisotopic (exact) mass is 344 g/mol. The molecule has 0 aromatic rings. The van der Waals surface area contributed by atoms with Crippen molar-refractivity contribution in [3.05, 3.63) is 12.2 Å². The molecule has 1 N–H and O–H groups in total. The molecule has 132 valence electrons. The molecule has 0 saturated heterocycles. The van der Waals surface area contributed by atoms with E-state index in [4.69, 9.17) is 5.11 Å². The molecule has 0 aromatic heterocycles. The smallest absolute Gasteiger partial charge is 0.457 e. The molecule has 1 fully saturated rings. The fourth-order valence-electron chi connectivity index (χ4n) is 2.72. The van der Waals surface area contributed by atoms with E-state index in [0.29, 0.717) is 38.3 Å². The van der Waals surface area contributed by atoms with Crippen molar-refractivity contribution in [2.45, 2.75) is 56.7 Å². The Morgan fingerprint density at radius 3 is 2.00 bits per heavy atom. The first kappa shape index (κ1) is 19.4. The summed E-state index contributed by atoms with van der Waals surface area (Å²) in [4.78, 5) is 21.8. The van der Waals surface area contributed by atoms with Gasteiger partial charge < -0.3 is 9.84 Å². The lowest BCUT2D eigenvalue weighted by molar-refractivity contribution is -0.349. The van der Waals surface area contributed by atoms with E-state index in [1.807, 2.05) is 0 Å². The van der Waals surface area contributed by atoms with E-state index in [2.05, 4.69) is 4.74 Å². The van der Waals surface area contributed by atoms with Gasteiger partial charge in [-0.25, -0.2) is 9.59 Å². The second kappa shape index (κ2) is 6.84. The molecule has 1 aliphatic carbocycles. The molecule has 1 rings (SSSR count). The van der Waals surface area contributed by atoms with Gasteiger partial charge in [-0.15, -0.1) is 0 Å². The number of carboxylic acids is 1. The summed E-state index contributed by atoms with van der Waals surface area (Å²) in [5, 5.41) is 8.38. The number of carbonyl (C=O) groups excluding carboxylic acids is 1. The van der Waals surface area contributed by atoms with Crippen molar-refractivity contribution in [3.8, 4) is 0 Å². The molecule has 1 atom stereocenters. The van der Waals surface area contributed by atoms with Crippen LogP contribution >= 0.6 is 0 Å². The number of carbonyl (C=O) groups is 2. The van der Waals surface area contributed by atoms with Crippen LogP contribution in [0.3, 0.4) is 0 Å². The molecule has 0 heterocycles. The molecule has 0 radical (unpaired) electrons. The molecule has 0 amide bonds. The standard InChI is InChI=1S/C14H17F5O4/c1-12(9-5-3-2-4-6-9,13(15,16)14(17,18)19)23-11(22)8-7-10(20)21/h7-9H,2-6H2,1H3,(H,20,21)/b8-7+. The zero-order valence-electron chi connectivity index (χ0n) is 12.3. The lowest BCUT2D eigenvalue weighted by Gasteiger charge is -2.44. The first-order valence-corrected chi connectivity index (χ1v) is 7.00. The van der Waals surface area contributed by atoms with Gasteiger partial charge in [0.05, 0.1) is 0 Å². The molecule has 23 heavy (non-hydrogen) atoms. The summed E-state index contributed by atoms with van der Waals surface area (Å²) in [5.74, 6) is -9.53. The van der Waals surface area contributed by atoms with Crippen LogP contribution in [0.1, 0.15) is 39.0 Å². The number of rotatable bonds is 5. The summed E-state index contributed by atoms with van der Waals surface area (Å²) in [7, 11) is 0. The summed E-state index contributed by atoms with van der Waals surface area (Å²) in [6.07, 6.45) is -3.51. The van der Waals surface area contributed by atoms with Crippen molar-refractivity contribution in [1.29, 1.82) is 0 Å². The molecule has 1 unspecified atom stereocenters. The van der Waals surface area contributed by atoms with Gasteiger partial charge in [-0.3, -0.25) is 0 Å². The molecule has 0 aliphatic heterocycles. The average molecular weight is 344 g/mol. The van der Waals surface area contributed by atoms with Gasteiger partial charge in [0.2, 0.25) is 0 Å². The van der Waals surface area contributed by atoms with Crippen molar-refractivity contribution in [1.82, 2.24) is 0 Å². The van der Waals surface area contributed by atoms with Gasteiger partial charge in [0.15, 0.2) is 5.60 Å². The van der Waals surface area contributed by atoms with Crippen molar-refractivity contribution in [3.63, 3.8) is 0 Å². The lowest BCUT2D eigenvalue weighted by atomic mass is 9.74. The molecular formula is C14H17F5O4. The van der Waals surface area contributed by atoms with E-state index in [-0.39, 0.29) is 12.8 Å². The Balaban J connectivity index is 3.15. The van der Waals surface area contributed by atoms with Crippen LogP contribution in [0.5, 0.6) is 0 Å². The molecule has 0 spiro atoms. The second-order valence-electron chi connectivity index (χ2n) is 5.61. The number of aliphatic carboxylic acids is 1. The van der Waals surface area contributed by atoms with Crippen LogP contribution in [0.15, 0.2) is 12.2 Å². The molecule has 1 saturated carbocycles. The van der Waals surface area contributed by atoms with Crippen molar-refractivity contribution < 1.29 is 41.4 Å². The number of ether oxygens (including phenoxy) is 1. The Morgan fingerprint density at radius 1 is 1.04 bits per heavy atom. The van der Waals surface area contributed by atoms with Gasteiger partial charge >= 0.3 is 24.0 Å². The first-order chi connectivity index (χ1) is 10.4. The van der Waals surface area contributed by atoms with Crippen molar-refractivity contribution in [2.24, 2.45) is 5.92 Å². The van der Waals surface area contributed by atoms with E-state index in [0.717, 1.165) is 0 Å². The van der Waals surface area contributed by atoms with Crippen LogP contribution in [0.2, 0.25) is 0 Å². The number of alkyl halides is 5. The Labute approximate surface area is 129 Å². The van der Waals surface area contributed by atoms with Gasteiger partial charge in [-0.05, 0) is 19.8 Å². The normalized spacial score (nSPS) is 20.3. The van der Waals surface area contributed by atoms with E-state index < -0.39 is 35.6 Å². The minimum atomic E-state index is -5.89. The molecule has 9 heteroatoms. The van der Waals surface area contributed by atoms with Gasteiger partial charge in [0, 0.05) is 18.1 Å². The van der Waals surface area contributed by atoms with Crippen LogP contribution in [0.4, 0.5) is 22.0 Å². The van der Waals surface area contributed by atoms with Gasteiger partial charge in [0.1, 0.15) is 0 Å². The fourth-order valence-corrected chi connectivity index (χ4v) is 2.72. The second-order valence-corrected chi connectivity index (χ2v) is 5.61. The molecule has 4 nitrogen and oxygen atoms in total. The Morgan fingerprint density at radius 2 is 1.57 bits per heavy atom. The van der Waals surface area contributed by atoms with E-state index in [1.165, 1.54) is 0 Å². The molecule has 0 bridgehead atoms. The summed E-state index contributed by atoms with van der Waals surface area (Å²) in [6, 6.07) is 0. The number of hydrogen-bond acceptors (Lipinski definition) is 3. The third-order valence-electron chi connectivity index (χ3n) is 4.04. The fraction of sp³-hybridized carbons (Fsp3) is 0.714. The number of halogens is 5. The molecule has 1 aliphatic rings. The van der Waals surface area contributed by atoms with E-state index in [9.17, 15) is 31.5 Å². The third kappa shape index (κ3) is 4.20. The minimum Gasteiger partial charge on any atom is -0.478 e. The van der Waals surface area contributed by atoms with Crippen LogP contribution in [-0.4, -0.2) is 34.7 Å². The number of carboxylic acid groups (broad SMARTS) is 1. The first-order valence-electron chi connectivity index (χ1n) is 7.00. The predicted octanol–water partition coefficient (Wildman–Crippen LogP) is 3.71. The highest BCUT2D eigenvalue weighted by Gasteiger charge is 2.72. The zero-order chi connectivity index (χ0) is 17.9. The summed E-state index contributed by atoms with van der Waals surface area (Å²) < 4.78 is 70.8. The Hall–Kier alpha value is -1.67.